The number of allylic oxidation sites excluding steroid dienone is 1. The largest absolute Gasteiger partial charge is 0.379 e. The summed E-state index contributed by atoms with van der Waals surface area (Å²) < 4.78 is 5.25. The van der Waals surface area contributed by atoms with E-state index in [1.54, 1.807) is 13.0 Å². The van der Waals surface area contributed by atoms with Crippen LogP contribution in [0.25, 0.3) is 0 Å². The van der Waals surface area contributed by atoms with Crippen molar-refractivity contribution >= 4 is 0 Å². The molecule has 1 rings (SSSR count). The van der Waals surface area contributed by atoms with Gasteiger partial charge in [-0.25, -0.2) is 0 Å². The molecule has 0 radical (unpaired) electrons. The van der Waals surface area contributed by atoms with Crippen LogP contribution in [0.1, 0.15) is 19.8 Å². The van der Waals surface area contributed by atoms with Crippen LogP contribution in [0, 0.1) is 11.8 Å². The summed E-state index contributed by atoms with van der Waals surface area (Å²) in [6.07, 6.45) is 3.24. The number of hydrogen-bond acceptors (Lipinski definition) is 3. The van der Waals surface area contributed by atoms with E-state index >= 15 is 0 Å². The van der Waals surface area contributed by atoms with E-state index in [9.17, 15) is 5.11 Å². The lowest BCUT2D eigenvalue weighted by Crippen LogP contribution is -2.36. The van der Waals surface area contributed by atoms with Gasteiger partial charge < -0.3 is 9.84 Å². The van der Waals surface area contributed by atoms with E-state index < -0.39 is 5.60 Å². The average molecular weight is 223 g/mol. The minimum absolute atomic E-state index is 0.645. The lowest BCUT2D eigenvalue weighted by atomic mass is 10.0. The van der Waals surface area contributed by atoms with Crippen molar-refractivity contribution in [1.29, 1.82) is 0 Å². The first kappa shape index (κ1) is 13.2. The molecule has 16 heavy (non-hydrogen) atoms. The highest BCUT2D eigenvalue weighted by Gasteiger charge is 2.15. The topological polar surface area (TPSA) is 32.7 Å². The molecule has 3 heteroatoms. The van der Waals surface area contributed by atoms with Crippen molar-refractivity contribution in [3.05, 3.63) is 12.7 Å². The summed E-state index contributed by atoms with van der Waals surface area (Å²) in [6.45, 7) is 9.55. The molecule has 1 aliphatic heterocycles. The van der Waals surface area contributed by atoms with Crippen LogP contribution in [0.5, 0.6) is 0 Å². The Bertz CT molecular complexity index is 269. The molecule has 0 aliphatic carbocycles. The molecule has 0 aromatic carbocycles. The molecular weight excluding hydrogens is 202 g/mol. The molecule has 0 unspecified atom stereocenters. The maximum atomic E-state index is 9.91. The van der Waals surface area contributed by atoms with Crippen molar-refractivity contribution in [2.75, 3.05) is 32.8 Å². The van der Waals surface area contributed by atoms with E-state index in [0.29, 0.717) is 13.0 Å². The zero-order valence-corrected chi connectivity index (χ0v) is 10.0. The third-order valence-corrected chi connectivity index (χ3v) is 2.60. The molecular formula is C13H21NO2. The Morgan fingerprint density at radius 2 is 2.19 bits per heavy atom. The fraction of sp³-hybridized carbons (Fsp3) is 0.692. The van der Waals surface area contributed by atoms with Gasteiger partial charge >= 0.3 is 0 Å². The summed E-state index contributed by atoms with van der Waals surface area (Å²) in [7, 11) is 0. The Morgan fingerprint density at radius 3 is 2.81 bits per heavy atom. The van der Waals surface area contributed by atoms with Gasteiger partial charge in [0.05, 0.1) is 19.8 Å². The number of aliphatic hydroxyl groups is 1. The molecule has 1 fully saturated rings. The van der Waals surface area contributed by atoms with E-state index in [-0.39, 0.29) is 0 Å². The van der Waals surface area contributed by atoms with Crippen LogP contribution < -0.4 is 0 Å². The van der Waals surface area contributed by atoms with Gasteiger partial charge in [0, 0.05) is 13.1 Å². The number of ether oxygens (including phenoxy) is 1. The third-order valence-electron chi connectivity index (χ3n) is 2.60. The summed E-state index contributed by atoms with van der Waals surface area (Å²) >= 11 is 0. The van der Waals surface area contributed by atoms with Crippen molar-refractivity contribution in [2.45, 2.75) is 25.4 Å². The fourth-order valence-electron chi connectivity index (χ4n) is 1.55. The molecule has 1 atom stereocenters. The van der Waals surface area contributed by atoms with E-state index in [1.807, 2.05) is 0 Å². The highest BCUT2D eigenvalue weighted by atomic mass is 16.5. The summed E-state index contributed by atoms with van der Waals surface area (Å²) in [5.41, 5.74) is -0.888. The van der Waals surface area contributed by atoms with Crippen LogP contribution in [0.4, 0.5) is 0 Å². The first-order valence-corrected chi connectivity index (χ1v) is 5.77. The summed E-state index contributed by atoms with van der Waals surface area (Å²) in [5, 5.41) is 9.91. The fourth-order valence-corrected chi connectivity index (χ4v) is 1.55. The quantitative estimate of drug-likeness (QED) is 0.571. The Kier molecular flexibility index (Phi) is 5.54. The van der Waals surface area contributed by atoms with Crippen molar-refractivity contribution < 1.29 is 9.84 Å². The highest BCUT2D eigenvalue weighted by Crippen LogP contribution is 2.10. The van der Waals surface area contributed by atoms with Gasteiger partial charge in [0.1, 0.15) is 5.60 Å². The van der Waals surface area contributed by atoms with Crippen LogP contribution >= 0.6 is 0 Å². The smallest absolute Gasteiger partial charge is 0.123 e. The molecule has 1 N–H and O–H groups in total. The Morgan fingerprint density at radius 1 is 1.50 bits per heavy atom. The van der Waals surface area contributed by atoms with Crippen LogP contribution in [-0.2, 0) is 4.74 Å². The van der Waals surface area contributed by atoms with Crippen LogP contribution in [0.15, 0.2) is 12.7 Å². The van der Waals surface area contributed by atoms with Crippen molar-refractivity contribution in [2.24, 2.45) is 0 Å². The minimum atomic E-state index is -0.888. The van der Waals surface area contributed by atoms with E-state index in [1.165, 1.54) is 0 Å². The standard InChI is InChI=1S/C13H21NO2/c1-3-4-6-13(2,15)7-5-8-14-9-11-16-12-10-14/h3,15H,1,4,6,8-12H2,2H3/t13-/m0/s1. The predicted octanol–water partition coefficient (Wildman–Crippen LogP) is 1.04. The van der Waals surface area contributed by atoms with E-state index in [4.69, 9.17) is 4.74 Å². The average Bonchev–Trinajstić information content (AvgIpc) is 2.28. The molecule has 1 saturated heterocycles. The molecule has 0 aromatic rings. The summed E-state index contributed by atoms with van der Waals surface area (Å²) in [4.78, 5) is 2.24. The molecule has 1 aliphatic rings. The molecule has 3 nitrogen and oxygen atoms in total. The van der Waals surface area contributed by atoms with Gasteiger partial charge in [-0.05, 0) is 19.8 Å². The maximum Gasteiger partial charge on any atom is 0.123 e. The lowest BCUT2D eigenvalue weighted by Gasteiger charge is -2.24. The first-order valence-electron chi connectivity index (χ1n) is 5.77. The minimum Gasteiger partial charge on any atom is -0.379 e. The first-order chi connectivity index (χ1) is 7.64. The number of nitrogens with zero attached hydrogens (tertiary/aromatic N) is 1. The van der Waals surface area contributed by atoms with Crippen LogP contribution in [-0.4, -0.2) is 48.5 Å². The Labute approximate surface area is 98.1 Å². The summed E-state index contributed by atoms with van der Waals surface area (Å²) in [5.74, 6) is 5.96. The van der Waals surface area contributed by atoms with Gasteiger partial charge in [-0.1, -0.05) is 17.9 Å². The summed E-state index contributed by atoms with van der Waals surface area (Å²) in [6, 6.07) is 0. The molecule has 0 bridgehead atoms. The monoisotopic (exact) mass is 223 g/mol. The van der Waals surface area contributed by atoms with Gasteiger partial charge in [-0.2, -0.15) is 0 Å². The van der Waals surface area contributed by atoms with Gasteiger partial charge in [0.25, 0.3) is 0 Å². The second-order valence-electron chi connectivity index (χ2n) is 4.29. The Hall–Kier alpha value is -0.820. The second kappa shape index (κ2) is 6.70. The van der Waals surface area contributed by atoms with Crippen molar-refractivity contribution in [3.63, 3.8) is 0 Å². The number of morpholine rings is 1. The van der Waals surface area contributed by atoms with Crippen molar-refractivity contribution in [3.8, 4) is 11.8 Å². The van der Waals surface area contributed by atoms with Gasteiger partial charge in [0.15, 0.2) is 0 Å². The van der Waals surface area contributed by atoms with Gasteiger partial charge in [0.2, 0.25) is 0 Å². The SMILES string of the molecule is C=CCC[C@](C)(O)C#CCN1CCOCC1. The zero-order chi connectivity index (χ0) is 11.9. The molecule has 0 spiro atoms. The van der Waals surface area contributed by atoms with Crippen LogP contribution in [0.2, 0.25) is 0 Å². The predicted molar refractivity (Wildman–Crippen MR) is 65.1 cm³/mol. The molecule has 0 saturated carbocycles. The molecule has 90 valence electrons. The molecule has 0 amide bonds. The highest BCUT2D eigenvalue weighted by molar-refractivity contribution is 5.13. The molecule has 0 aromatic heterocycles. The van der Waals surface area contributed by atoms with Gasteiger partial charge in [-0.3, -0.25) is 4.90 Å². The maximum absolute atomic E-state index is 9.91. The Balaban J connectivity index is 2.31. The van der Waals surface area contributed by atoms with Crippen molar-refractivity contribution in [1.82, 2.24) is 4.90 Å². The van der Waals surface area contributed by atoms with Crippen LogP contribution in [0.3, 0.4) is 0 Å². The lowest BCUT2D eigenvalue weighted by molar-refractivity contribution is 0.0442. The number of rotatable bonds is 4. The number of hydrogen-bond donors (Lipinski definition) is 1. The zero-order valence-electron chi connectivity index (χ0n) is 10.0. The second-order valence-corrected chi connectivity index (χ2v) is 4.29. The normalized spacial score (nSPS) is 20.6. The van der Waals surface area contributed by atoms with E-state index in [0.717, 1.165) is 32.7 Å². The molecule has 1 heterocycles. The third kappa shape index (κ3) is 5.32. The van der Waals surface area contributed by atoms with Gasteiger partial charge in [-0.15, -0.1) is 6.58 Å². The van der Waals surface area contributed by atoms with E-state index in [2.05, 4.69) is 23.3 Å².